The second-order valence-corrected chi connectivity index (χ2v) is 11.8. The van der Waals surface area contributed by atoms with E-state index in [1.54, 1.807) is 0 Å². The molecule has 0 aliphatic carbocycles. The lowest BCUT2D eigenvalue weighted by atomic mass is 10.0. The van der Waals surface area contributed by atoms with Gasteiger partial charge in [-0.2, -0.15) is 22.6 Å². The van der Waals surface area contributed by atoms with Gasteiger partial charge in [-0.15, -0.1) is 0 Å². The number of alkyl halides is 5. The largest absolute Gasteiger partial charge is 0.416 e. The third-order valence-electron chi connectivity index (χ3n) is 6.99. The Kier molecular flexibility index (Phi) is 7.76. The highest BCUT2D eigenvalue weighted by atomic mass is 32.2. The molecule has 1 N–H and O–H groups in total. The first-order valence-electron chi connectivity index (χ1n) is 12.7. The molecule has 0 unspecified atom stereocenters. The number of aryl methyl sites for hydroxylation is 1. The molecule has 1 fully saturated rings. The molecule has 2 aromatic carbocycles. The van der Waals surface area contributed by atoms with Crippen molar-refractivity contribution in [3.05, 3.63) is 77.1 Å². The van der Waals surface area contributed by atoms with Gasteiger partial charge in [0, 0.05) is 37.4 Å². The van der Waals surface area contributed by atoms with Gasteiger partial charge in [0.25, 0.3) is 12.3 Å². The Morgan fingerprint density at radius 3 is 2.38 bits per heavy atom. The number of sulfonamides is 1. The van der Waals surface area contributed by atoms with E-state index in [1.165, 1.54) is 41.6 Å². The number of anilines is 1. The third kappa shape index (κ3) is 5.71. The minimum atomic E-state index is -4.59. The lowest BCUT2D eigenvalue weighted by Crippen LogP contribution is -2.47. The second kappa shape index (κ2) is 11.0. The van der Waals surface area contributed by atoms with Crippen LogP contribution in [0.3, 0.4) is 0 Å². The highest BCUT2D eigenvalue weighted by molar-refractivity contribution is 7.89. The number of rotatable bonds is 6. The van der Waals surface area contributed by atoms with Crippen LogP contribution in [0.25, 0.3) is 16.9 Å². The molecule has 5 rings (SSSR count). The number of carbonyl (C=O) groups excluding carboxylic acids is 1. The number of piperazine rings is 1. The zero-order valence-corrected chi connectivity index (χ0v) is 23.2. The summed E-state index contributed by atoms with van der Waals surface area (Å²) in [6.45, 7) is 3.03. The number of halogens is 5. The highest BCUT2D eigenvalue weighted by Crippen LogP contribution is 2.34. The molecule has 0 bridgehead atoms. The molecule has 1 aliphatic heterocycles. The third-order valence-corrected chi connectivity index (χ3v) is 8.88. The Morgan fingerprint density at radius 1 is 1.02 bits per heavy atom. The van der Waals surface area contributed by atoms with Crippen molar-refractivity contribution in [1.82, 2.24) is 23.8 Å². The first-order valence-corrected chi connectivity index (χ1v) is 14.1. The maximum Gasteiger partial charge on any atom is 0.416 e. The summed E-state index contributed by atoms with van der Waals surface area (Å²) in [7, 11) is -1.93. The minimum absolute atomic E-state index is 0.0252. The molecular formula is C27H25F5N6O3S. The van der Waals surface area contributed by atoms with Crippen LogP contribution in [0, 0.1) is 6.92 Å². The maximum atomic E-state index is 14.0. The summed E-state index contributed by atoms with van der Waals surface area (Å²) in [4.78, 5) is 19.5. The molecule has 2 aromatic heterocycles. The number of amides is 1. The van der Waals surface area contributed by atoms with Crippen molar-refractivity contribution in [2.24, 2.45) is 0 Å². The lowest BCUT2D eigenvalue weighted by Gasteiger charge is -2.31. The molecular weight excluding hydrogens is 583 g/mol. The average Bonchev–Trinajstić information content (AvgIpc) is 3.36. The van der Waals surface area contributed by atoms with E-state index in [4.69, 9.17) is 0 Å². The number of carbonyl (C=O) groups is 1. The zero-order valence-electron chi connectivity index (χ0n) is 22.4. The number of fused-ring (bicyclic) bond motifs is 1. The van der Waals surface area contributed by atoms with Crippen LogP contribution in [0.1, 0.15) is 33.6 Å². The summed E-state index contributed by atoms with van der Waals surface area (Å²) in [6.07, 6.45) is -6.60. The van der Waals surface area contributed by atoms with Crippen LogP contribution in [0.4, 0.5) is 27.6 Å². The van der Waals surface area contributed by atoms with E-state index in [1.807, 2.05) is 11.9 Å². The molecule has 1 saturated heterocycles. The fraction of sp³-hybridized carbons (Fsp3) is 0.296. The molecule has 0 radical (unpaired) electrons. The summed E-state index contributed by atoms with van der Waals surface area (Å²) < 4.78 is 96.1. The van der Waals surface area contributed by atoms with Gasteiger partial charge in [-0.25, -0.2) is 26.7 Å². The Labute approximate surface area is 237 Å². The van der Waals surface area contributed by atoms with Gasteiger partial charge in [-0.1, -0.05) is 12.1 Å². The van der Waals surface area contributed by atoms with Crippen molar-refractivity contribution >= 4 is 27.3 Å². The molecule has 0 saturated carbocycles. The number of hydrogen-bond donors (Lipinski definition) is 1. The van der Waals surface area contributed by atoms with Crippen LogP contribution < -0.4 is 5.32 Å². The molecule has 0 spiro atoms. The standard InChI is InChI=1S/C27H25F5N6O3S/c1-16-12-17(6-7-21(16)27(30,31)32)22-14-23(24(28)29)38-25(35-22)20(15-33-38)26(39)34-18-4-3-5-19(13-18)42(40,41)37-10-8-36(2)9-11-37/h3-7,12-15,24H,8-11H2,1-2H3,(H,34,39). The molecule has 4 aromatic rings. The molecule has 1 amide bonds. The monoisotopic (exact) mass is 608 g/mol. The minimum Gasteiger partial charge on any atom is -0.322 e. The van der Waals surface area contributed by atoms with Crippen molar-refractivity contribution in [1.29, 1.82) is 0 Å². The molecule has 42 heavy (non-hydrogen) atoms. The van der Waals surface area contributed by atoms with E-state index >= 15 is 0 Å². The van der Waals surface area contributed by atoms with Crippen LogP contribution in [0.2, 0.25) is 0 Å². The van der Waals surface area contributed by atoms with Gasteiger partial charge < -0.3 is 10.2 Å². The Hall–Kier alpha value is -3.95. The van der Waals surface area contributed by atoms with E-state index in [0.29, 0.717) is 26.2 Å². The Bertz CT molecular complexity index is 1770. The van der Waals surface area contributed by atoms with Gasteiger partial charge in [-0.05, 0) is 55.9 Å². The van der Waals surface area contributed by atoms with Crippen LogP contribution in [0.15, 0.2) is 59.6 Å². The fourth-order valence-corrected chi connectivity index (χ4v) is 6.17. The Morgan fingerprint density at radius 2 is 1.74 bits per heavy atom. The summed E-state index contributed by atoms with van der Waals surface area (Å²) in [6, 6.07) is 9.78. The molecule has 0 atom stereocenters. The normalized spacial score (nSPS) is 15.4. The Balaban J connectivity index is 1.48. The van der Waals surface area contributed by atoms with E-state index in [0.717, 1.165) is 28.9 Å². The van der Waals surface area contributed by atoms with Crippen molar-refractivity contribution in [2.75, 3.05) is 38.5 Å². The first-order chi connectivity index (χ1) is 19.8. The van der Waals surface area contributed by atoms with Gasteiger partial charge >= 0.3 is 6.18 Å². The number of hydrogen-bond acceptors (Lipinski definition) is 6. The highest BCUT2D eigenvalue weighted by Gasteiger charge is 2.32. The predicted molar refractivity (Wildman–Crippen MR) is 144 cm³/mol. The fourth-order valence-electron chi connectivity index (χ4n) is 4.70. The lowest BCUT2D eigenvalue weighted by molar-refractivity contribution is -0.138. The first kappa shape index (κ1) is 29.5. The molecule has 1 aliphatic rings. The van der Waals surface area contributed by atoms with Crippen molar-refractivity contribution < 1.29 is 35.2 Å². The smallest absolute Gasteiger partial charge is 0.322 e. The molecule has 9 nitrogen and oxygen atoms in total. The van der Waals surface area contributed by atoms with Crippen LogP contribution in [-0.4, -0.2) is 71.4 Å². The molecule has 15 heteroatoms. The van der Waals surface area contributed by atoms with Crippen LogP contribution in [-0.2, 0) is 16.2 Å². The number of nitrogens with zero attached hydrogens (tertiary/aromatic N) is 5. The van der Waals surface area contributed by atoms with Gasteiger partial charge in [-0.3, -0.25) is 4.79 Å². The van der Waals surface area contributed by atoms with Gasteiger partial charge in [0.15, 0.2) is 5.65 Å². The second-order valence-electron chi connectivity index (χ2n) is 9.88. The van der Waals surface area contributed by atoms with Crippen LogP contribution >= 0.6 is 0 Å². The summed E-state index contributed by atoms with van der Waals surface area (Å²) in [5.74, 6) is -0.799. The van der Waals surface area contributed by atoms with Crippen molar-refractivity contribution in [3.8, 4) is 11.3 Å². The van der Waals surface area contributed by atoms with Gasteiger partial charge in [0.1, 0.15) is 11.3 Å². The number of likely N-dealkylation sites (N-methyl/N-ethyl adjacent to an activating group) is 1. The van der Waals surface area contributed by atoms with E-state index < -0.39 is 39.8 Å². The van der Waals surface area contributed by atoms with Crippen LogP contribution in [0.5, 0.6) is 0 Å². The molecule has 222 valence electrons. The zero-order chi connectivity index (χ0) is 30.4. The number of aromatic nitrogens is 3. The quantitative estimate of drug-likeness (QED) is 0.315. The van der Waals surface area contributed by atoms with Gasteiger partial charge in [0.2, 0.25) is 10.0 Å². The SMILES string of the molecule is Cc1cc(-c2cc(C(F)F)n3ncc(C(=O)Nc4cccc(S(=O)(=O)N5CCN(C)CC5)c4)c3n2)ccc1C(F)(F)F. The summed E-state index contributed by atoms with van der Waals surface area (Å²) >= 11 is 0. The average molecular weight is 609 g/mol. The molecule has 3 heterocycles. The number of nitrogens with one attached hydrogen (secondary N) is 1. The number of benzene rings is 2. The van der Waals surface area contributed by atoms with E-state index in [2.05, 4.69) is 15.4 Å². The van der Waals surface area contributed by atoms with E-state index in [9.17, 15) is 35.2 Å². The van der Waals surface area contributed by atoms with E-state index in [-0.39, 0.29) is 38.6 Å². The predicted octanol–water partition coefficient (Wildman–Crippen LogP) is 4.85. The summed E-state index contributed by atoms with van der Waals surface area (Å²) in [5.41, 5.74) is -1.87. The van der Waals surface area contributed by atoms with Gasteiger partial charge in [0.05, 0.1) is 22.3 Å². The summed E-state index contributed by atoms with van der Waals surface area (Å²) in [5, 5.41) is 6.45. The van der Waals surface area contributed by atoms with Crippen molar-refractivity contribution in [2.45, 2.75) is 24.4 Å². The topological polar surface area (TPSA) is 99.9 Å². The van der Waals surface area contributed by atoms with Crippen molar-refractivity contribution in [3.63, 3.8) is 0 Å². The maximum absolute atomic E-state index is 14.0.